The summed E-state index contributed by atoms with van der Waals surface area (Å²) in [5.41, 5.74) is 1.26. The predicted molar refractivity (Wildman–Crippen MR) is 96.2 cm³/mol. The molecule has 0 bridgehead atoms. The molecule has 6 heteroatoms. The lowest BCUT2D eigenvalue weighted by atomic mass is 10.1. The maximum atomic E-state index is 12.0. The lowest BCUT2D eigenvalue weighted by Gasteiger charge is -2.26. The van der Waals surface area contributed by atoms with Gasteiger partial charge >= 0.3 is 0 Å². The highest BCUT2D eigenvalue weighted by Gasteiger charge is 2.29. The van der Waals surface area contributed by atoms with E-state index in [9.17, 15) is 13.2 Å². The zero-order chi connectivity index (χ0) is 17.4. The highest BCUT2D eigenvalue weighted by molar-refractivity contribution is 7.88. The van der Waals surface area contributed by atoms with Gasteiger partial charge in [0.05, 0.1) is 6.26 Å². The second-order valence-corrected chi connectivity index (χ2v) is 8.44. The molecule has 0 unspecified atom stereocenters. The molecule has 0 aliphatic heterocycles. The van der Waals surface area contributed by atoms with Crippen molar-refractivity contribution in [3.8, 4) is 0 Å². The van der Waals surface area contributed by atoms with Gasteiger partial charge in [-0.2, -0.15) is 4.31 Å². The second-order valence-electron chi connectivity index (χ2n) is 6.50. The number of carbonyl (C=O) groups is 1. The fraction of sp³-hybridized carbons (Fsp3) is 0.611. The van der Waals surface area contributed by atoms with Gasteiger partial charge in [-0.15, -0.1) is 0 Å². The van der Waals surface area contributed by atoms with Gasteiger partial charge in [-0.1, -0.05) is 43.2 Å². The summed E-state index contributed by atoms with van der Waals surface area (Å²) in [5.74, 6) is -0.0743. The average Bonchev–Trinajstić information content (AvgIpc) is 3.05. The number of nitrogens with zero attached hydrogens (tertiary/aromatic N) is 1. The molecule has 1 aliphatic rings. The third kappa shape index (κ3) is 6.24. The Labute approximate surface area is 145 Å². The third-order valence-corrected chi connectivity index (χ3v) is 5.86. The molecule has 1 N–H and O–H groups in total. The van der Waals surface area contributed by atoms with E-state index in [4.69, 9.17) is 0 Å². The fourth-order valence-corrected chi connectivity index (χ4v) is 4.45. The maximum Gasteiger partial charge on any atom is 0.221 e. The van der Waals surface area contributed by atoms with Crippen molar-refractivity contribution in [3.63, 3.8) is 0 Å². The molecule has 1 saturated carbocycles. The summed E-state index contributed by atoms with van der Waals surface area (Å²) < 4.78 is 25.4. The van der Waals surface area contributed by atoms with Crippen molar-refractivity contribution < 1.29 is 13.2 Å². The van der Waals surface area contributed by atoms with E-state index in [0.29, 0.717) is 6.54 Å². The Balaban J connectivity index is 1.69. The molecule has 0 spiro atoms. The Morgan fingerprint density at radius 1 is 1.21 bits per heavy atom. The van der Waals surface area contributed by atoms with Gasteiger partial charge in [0.25, 0.3) is 0 Å². The first-order chi connectivity index (χ1) is 11.5. The number of benzene rings is 1. The molecular weight excluding hydrogens is 324 g/mol. The largest absolute Gasteiger partial charge is 0.356 e. The van der Waals surface area contributed by atoms with E-state index in [1.54, 1.807) is 0 Å². The molecule has 2 rings (SSSR count). The van der Waals surface area contributed by atoms with E-state index < -0.39 is 10.0 Å². The Morgan fingerprint density at radius 3 is 2.50 bits per heavy atom. The van der Waals surface area contributed by atoms with Gasteiger partial charge in [-0.25, -0.2) is 8.42 Å². The molecule has 1 aromatic carbocycles. The first-order valence-electron chi connectivity index (χ1n) is 8.74. The number of carbonyl (C=O) groups excluding carboxylic acids is 1. The zero-order valence-corrected chi connectivity index (χ0v) is 15.2. The molecule has 0 atom stereocenters. The SMILES string of the molecule is CS(=O)(=O)N(CCC(=O)NCCCc1ccccc1)C1CCCC1. The molecule has 0 saturated heterocycles. The number of nitrogens with one attached hydrogen (secondary N) is 1. The fourth-order valence-electron chi connectivity index (χ4n) is 3.28. The van der Waals surface area contributed by atoms with Gasteiger partial charge in [-0.05, 0) is 31.2 Å². The van der Waals surface area contributed by atoms with Crippen LogP contribution in [0.25, 0.3) is 0 Å². The van der Waals surface area contributed by atoms with E-state index in [1.807, 2.05) is 18.2 Å². The Bertz CT molecular complexity index is 610. The molecule has 5 nitrogen and oxygen atoms in total. The molecule has 1 aromatic rings. The van der Waals surface area contributed by atoms with Gasteiger partial charge in [0.15, 0.2) is 0 Å². The number of aryl methyl sites for hydroxylation is 1. The molecule has 1 aliphatic carbocycles. The van der Waals surface area contributed by atoms with Crippen LogP contribution in [0, 0.1) is 0 Å². The first kappa shape index (κ1) is 18.9. The van der Waals surface area contributed by atoms with Gasteiger partial charge < -0.3 is 5.32 Å². The van der Waals surface area contributed by atoms with Gasteiger partial charge in [0, 0.05) is 25.6 Å². The van der Waals surface area contributed by atoms with E-state index in [2.05, 4.69) is 17.4 Å². The minimum absolute atomic E-state index is 0.0743. The number of hydrogen-bond donors (Lipinski definition) is 1. The van der Waals surface area contributed by atoms with Gasteiger partial charge in [0.1, 0.15) is 0 Å². The average molecular weight is 353 g/mol. The van der Waals surface area contributed by atoms with Crippen molar-refractivity contribution in [1.82, 2.24) is 9.62 Å². The summed E-state index contributed by atoms with van der Waals surface area (Å²) in [6.45, 7) is 0.907. The quantitative estimate of drug-likeness (QED) is 0.694. The maximum absolute atomic E-state index is 12.0. The molecule has 134 valence electrons. The van der Waals surface area contributed by atoms with Crippen LogP contribution in [0.3, 0.4) is 0 Å². The molecule has 24 heavy (non-hydrogen) atoms. The Kier molecular flexibility index (Phi) is 7.24. The number of amides is 1. The summed E-state index contributed by atoms with van der Waals surface area (Å²) in [6, 6.07) is 10.2. The van der Waals surface area contributed by atoms with Crippen LogP contribution in [0.15, 0.2) is 30.3 Å². The number of sulfonamides is 1. The van der Waals surface area contributed by atoms with Crippen molar-refractivity contribution in [2.75, 3.05) is 19.3 Å². The Hall–Kier alpha value is -1.40. The first-order valence-corrected chi connectivity index (χ1v) is 10.6. The smallest absolute Gasteiger partial charge is 0.221 e. The minimum atomic E-state index is -3.25. The zero-order valence-electron chi connectivity index (χ0n) is 14.4. The molecule has 1 amide bonds. The molecule has 1 fully saturated rings. The highest BCUT2D eigenvalue weighted by atomic mass is 32.2. The topological polar surface area (TPSA) is 66.5 Å². The summed E-state index contributed by atoms with van der Waals surface area (Å²) in [6.07, 6.45) is 7.24. The summed E-state index contributed by atoms with van der Waals surface area (Å²) in [5, 5.41) is 2.89. The van der Waals surface area contributed by atoms with Crippen molar-refractivity contribution in [2.45, 2.75) is 51.0 Å². The number of hydrogen-bond acceptors (Lipinski definition) is 3. The standard InChI is InChI=1S/C18H28N2O3S/c1-24(22,23)20(17-11-5-6-12-17)15-13-18(21)19-14-7-10-16-8-3-2-4-9-16/h2-4,8-9,17H,5-7,10-15H2,1H3,(H,19,21). The van der Waals surface area contributed by atoms with Crippen molar-refractivity contribution in [3.05, 3.63) is 35.9 Å². The second kappa shape index (κ2) is 9.18. The van der Waals surface area contributed by atoms with Crippen LogP contribution < -0.4 is 5.32 Å². The summed E-state index contributed by atoms with van der Waals surface area (Å²) in [7, 11) is -3.25. The predicted octanol–water partition coefficient (Wildman–Crippen LogP) is 2.33. The van der Waals surface area contributed by atoms with E-state index >= 15 is 0 Å². The van der Waals surface area contributed by atoms with Crippen LogP contribution in [0.5, 0.6) is 0 Å². The normalized spacial score (nSPS) is 15.8. The van der Waals surface area contributed by atoms with Crippen LogP contribution >= 0.6 is 0 Å². The molecule has 0 radical (unpaired) electrons. The monoisotopic (exact) mass is 352 g/mol. The van der Waals surface area contributed by atoms with Crippen LogP contribution in [-0.4, -0.2) is 44.0 Å². The van der Waals surface area contributed by atoms with E-state index in [1.165, 1.54) is 16.1 Å². The summed E-state index contributed by atoms with van der Waals surface area (Å²) in [4.78, 5) is 12.0. The van der Waals surface area contributed by atoms with Crippen molar-refractivity contribution >= 4 is 15.9 Å². The molecule has 0 aromatic heterocycles. The Morgan fingerprint density at radius 2 is 1.88 bits per heavy atom. The highest BCUT2D eigenvalue weighted by Crippen LogP contribution is 2.25. The third-order valence-electron chi connectivity index (χ3n) is 4.52. The van der Waals surface area contributed by atoms with Gasteiger partial charge in [0.2, 0.25) is 15.9 Å². The van der Waals surface area contributed by atoms with Crippen LogP contribution in [0.4, 0.5) is 0 Å². The molecule has 0 heterocycles. The van der Waals surface area contributed by atoms with Crippen molar-refractivity contribution in [1.29, 1.82) is 0 Å². The van der Waals surface area contributed by atoms with E-state index in [0.717, 1.165) is 38.5 Å². The molecular formula is C18H28N2O3S. The van der Waals surface area contributed by atoms with E-state index in [-0.39, 0.29) is 24.9 Å². The van der Waals surface area contributed by atoms with Crippen LogP contribution in [-0.2, 0) is 21.2 Å². The van der Waals surface area contributed by atoms with Crippen LogP contribution in [0.2, 0.25) is 0 Å². The minimum Gasteiger partial charge on any atom is -0.356 e. The van der Waals surface area contributed by atoms with Crippen molar-refractivity contribution in [2.24, 2.45) is 0 Å². The lowest BCUT2D eigenvalue weighted by Crippen LogP contribution is -2.40. The van der Waals surface area contributed by atoms with Gasteiger partial charge in [-0.3, -0.25) is 4.79 Å². The number of rotatable bonds is 9. The van der Waals surface area contributed by atoms with Crippen LogP contribution in [0.1, 0.15) is 44.1 Å². The lowest BCUT2D eigenvalue weighted by molar-refractivity contribution is -0.121. The summed E-state index contributed by atoms with van der Waals surface area (Å²) >= 11 is 0.